The minimum absolute atomic E-state index is 0.0376. The quantitative estimate of drug-likeness (QED) is 0.596. The highest BCUT2D eigenvalue weighted by Gasteiger charge is 2.55. The van der Waals surface area contributed by atoms with Crippen LogP contribution in [0.3, 0.4) is 0 Å². The highest BCUT2D eigenvalue weighted by molar-refractivity contribution is 5.88. The van der Waals surface area contributed by atoms with Gasteiger partial charge in [-0.1, -0.05) is 0 Å². The number of ether oxygens (including phenoxy) is 1. The summed E-state index contributed by atoms with van der Waals surface area (Å²) in [6.07, 6.45) is 1.58. The van der Waals surface area contributed by atoms with E-state index in [0.29, 0.717) is 13.0 Å². The van der Waals surface area contributed by atoms with Gasteiger partial charge in [-0.3, -0.25) is 4.79 Å². The lowest BCUT2D eigenvalue weighted by Crippen LogP contribution is -2.65. The van der Waals surface area contributed by atoms with Gasteiger partial charge >= 0.3 is 5.97 Å². The van der Waals surface area contributed by atoms with Gasteiger partial charge in [0, 0.05) is 26.1 Å². The number of carbonyl (C=O) groups excluding carboxylic acids is 2. The van der Waals surface area contributed by atoms with Crippen molar-refractivity contribution in [3.05, 3.63) is 0 Å². The molecular weight excluding hydrogens is 196 g/mol. The number of carbonyl (C=O) groups is 2. The predicted octanol–water partition coefficient (Wildman–Crippen LogP) is -0.488. The smallest absolute Gasteiger partial charge is 0.333 e. The molecular formula is C10H16N2O3. The Morgan fingerprint density at radius 3 is 2.87 bits per heavy atom. The predicted molar refractivity (Wildman–Crippen MR) is 53.2 cm³/mol. The van der Waals surface area contributed by atoms with Gasteiger partial charge in [0.05, 0.1) is 7.11 Å². The molecule has 0 spiro atoms. The van der Waals surface area contributed by atoms with Crippen LogP contribution in [0.15, 0.2) is 0 Å². The number of esters is 1. The van der Waals surface area contributed by atoms with Crippen LogP contribution in [0.5, 0.6) is 0 Å². The number of rotatable bonds is 1. The average molecular weight is 212 g/mol. The van der Waals surface area contributed by atoms with Gasteiger partial charge in [0.2, 0.25) is 5.91 Å². The molecule has 0 radical (unpaired) electrons. The number of fused-ring (bicyclic) bond motifs is 2. The van der Waals surface area contributed by atoms with Crippen molar-refractivity contribution in [2.75, 3.05) is 20.2 Å². The first-order valence-corrected chi connectivity index (χ1v) is 5.21. The van der Waals surface area contributed by atoms with Crippen LogP contribution in [0.2, 0.25) is 0 Å². The normalized spacial score (nSPS) is 34.0. The number of amides is 1. The molecule has 2 unspecified atom stereocenters. The number of nitrogens with one attached hydrogen (secondary N) is 1. The Morgan fingerprint density at radius 2 is 2.27 bits per heavy atom. The molecule has 2 bridgehead atoms. The molecule has 2 aliphatic rings. The Bertz CT molecular complexity index is 301. The van der Waals surface area contributed by atoms with E-state index in [-0.39, 0.29) is 17.9 Å². The van der Waals surface area contributed by atoms with Gasteiger partial charge in [0.15, 0.2) is 5.54 Å². The second-order valence-electron chi connectivity index (χ2n) is 4.24. The van der Waals surface area contributed by atoms with Crippen LogP contribution in [-0.4, -0.2) is 48.6 Å². The number of piperazine rings is 1. The first-order chi connectivity index (χ1) is 7.12. The molecule has 0 aliphatic carbocycles. The van der Waals surface area contributed by atoms with Crippen molar-refractivity contribution in [3.63, 3.8) is 0 Å². The van der Waals surface area contributed by atoms with E-state index < -0.39 is 5.54 Å². The van der Waals surface area contributed by atoms with Crippen molar-refractivity contribution in [2.24, 2.45) is 0 Å². The number of hydrogen-bond donors (Lipinski definition) is 1. The zero-order valence-electron chi connectivity index (χ0n) is 9.08. The molecule has 2 atom stereocenters. The SMILES string of the molecule is COC(=O)C12CCC(CNC1)N2C(C)=O. The molecule has 5 heteroatoms. The number of hydrogen-bond acceptors (Lipinski definition) is 4. The summed E-state index contributed by atoms with van der Waals surface area (Å²) in [5.74, 6) is -0.336. The summed E-state index contributed by atoms with van der Waals surface area (Å²) in [6.45, 7) is 2.80. The number of nitrogens with zero attached hydrogens (tertiary/aromatic N) is 1. The van der Waals surface area contributed by atoms with Crippen molar-refractivity contribution in [1.29, 1.82) is 0 Å². The number of methoxy groups -OCH3 is 1. The third kappa shape index (κ3) is 1.33. The molecule has 2 saturated heterocycles. The van der Waals surface area contributed by atoms with Gasteiger partial charge in [-0.2, -0.15) is 0 Å². The molecule has 2 rings (SSSR count). The lowest BCUT2D eigenvalue weighted by molar-refractivity contribution is -0.161. The summed E-state index contributed by atoms with van der Waals surface area (Å²) in [5.41, 5.74) is -0.747. The maximum absolute atomic E-state index is 11.8. The van der Waals surface area contributed by atoms with Gasteiger partial charge in [-0.05, 0) is 12.8 Å². The van der Waals surface area contributed by atoms with Gasteiger partial charge in [0.25, 0.3) is 0 Å². The van der Waals surface area contributed by atoms with E-state index in [4.69, 9.17) is 4.74 Å². The summed E-state index contributed by atoms with van der Waals surface area (Å²) < 4.78 is 4.82. The molecule has 5 nitrogen and oxygen atoms in total. The molecule has 1 N–H and O–H groups in total. The lowest BCUT2D eigenvalue weighted by Gasteiger charge is -2.42. The van der Waals surface area contributed by atoms with E-state index in [1.54, 1.807) is 4.90 Å². The molecule has 84 valence electrons. The zero-order valence-corrected chi connectivity index (χ0v) is 9.08. The molecule has 0 aromatic carbocycles. The highest BCUT2D eigenvalue weighted by atomic mass is 16.5. The van der Waals surface area contributed by atoms with Crippen LogP contribution in [0, 0.1) is 0 Å². The van der Waals surface area contributed by atoms with E-state index >= 15 is 0 Å². The van der Waals surface area contributed by atoms with Gasteiger partial charge < -0.3 is 15.0 Å². The van der Waals surface area contributed by atoms with Crippen LogP contribution < -0.4 is 5.32 Å². The fourth-order valence-electron chi connectivity index (χ4n) is 2.84. The third-order valence-electron chi connectivity index (χ3n) is 3.42. The van der Waals surface area contributed by atoms with Crippen LogP contribution >= 0.6 is 0 Å². The largest absolute Gasteiger partial charge is 0.467 e. The fraction of sp³-hybridized carbons (Fsp3) is 0.800. The van der Waals surface area contributed by atoms with E-state index in [1.165, 1.54) is 14.0 Å². The molecule has 2 fully saturated rings. The molecule has 0 aromatic heterocycles. The van der Waals surface area contributed by atoms with Crippen LogP contribution in [0.4, 0.5) is 0 Å². The standard InChI is InChI=1S/C10H16N2O3/c1-7(13)12-8-3-4-10(12,6-11-5-8)9(14)15-2/h8,11H,3-6H2,1-2H3. The Balaban J connectivity index is 2.35. The summed E-state index contributed by atoms with van der Waals surface area (Å²) in [4.78, 5) is 25.1. The Morgan fingerprint density at radius 1 is 1.53 bits per heavy atom. The summed E-state index contributed by atoms with van der Waals surface area (Å²) in [7, 11) is 1.37. The maximum Gasteiger partial charge on any atom is 0.333 e. The van der Waals surface area contributed by atoms with Gasteiger partial charge in [-0.25, -0.2) is 4.79 Å². The molecule has 1 amide bonds. The molecule has 15 heavy (non-hydrogen) atoms. The molecule has 2 heterocycles. The zero-order chi connectivity index (χ0) is 11.1. The molecule has 0 saturated carbocycles. The Kier molecular flexibility index (Phi) is 2.42. The minimum atomic E-state index is -0.747. The second-order valence-corrected chi connectivity index (χ2v) is 4.24. The monoisotopic (exact) mass is 212 g/mol. The first-order valence-electron chi connectivity index (χ1n) is 5.21. The highest BCUT2D eigenvalue weighted by Crippen LogP contribution is 2.37. The maximum atomic E-state index is 11.8. The summed E-state index contributed by atoms with van der Waals surface area (Å²) >= 11 is 0. The van der Waals surface area contributed by atoms with Crippen LogP contribution in [-0.2, 0) is 14.3 Å². The van der Waals surface area contributed by atoms with Crippen molar-refractivity contribution in [1.82, 2.24) is 10.2 Å². The van der Waals surface area contributed by atoms with Crippen molar-refractivity contribution >= 4 is 11.9 Å². The van der Waals surface area contributed by atoms with Crippen molar-refractivity contribution in [2.45, 2.75) is 31.3 Å². The van der Waals surface area contributed by atoms with Gasteiger partial charge in [0.1, 0.15) is 0 Å². The van der Waals surface area contributed by atoms with Crippen molar-refractivity contribution in [3.8, 4) is 0 Å². The van der Waals surface area contributed by atoms with Crippen LogP contribution in [0.25, 0.3) is 0 Å². The minimum Gasteiger partial charge on any atom is -0.467 e. The molecule has 0 aromatic rings. The molecule has 2 aliphatic heterocycles. The average Bonchev–Trinajstić information content (AvgIpc) is 2.46. The van der Waals surface area contributed by atoms with Crippen LogP contribution in [0.1, 0.15) is 19.8 Å². The second kappa shape index (κ2) is 3.48. The third-order valence-corrected chi connectivity index (χ3v) is 3.42. The Hall–Kier alpha value is -1.10. The fourth-order valence-corrected chi connectivity index (χ4v) is 2.84. The van der Waals surface area contributed by atoms with E-state index in [1.807, 2.05) is 0 Å². The van der Waals surface area contributed by atoms with Gasteiger partial charge in [-0.15, -0.1) is 0 Å². The summed E-state index contributed by atoms with van der Waals surface area (Å²) in [6, 6.07) is 0.148. The van der Waals surface area contributed by atoms with Crippen molar-refractivity contribution < 1.29 is 14.3 Å². The van der Waals surface area contributed by atoms with E-state index in [9.17, 15) is 9.59 Å². The van der Waals surface area contributed by atoms with E-state index in [2.05, 4.69) is 5.32 Å². The lowest BCUT2D eigenvalue weighted by atomic mass is 9.95. The summed E-state index contributed by atoms with van der Waals surface area (Å²) in [5, 5.41) is 3.19. The topological polar surface area (TPSA) is 58.6 Å². The first kappa shape index (κ1) is 10.4. The van der Waals surface area contributed by atoms with E-state index in [0.717, 1.165) is 13.0 Å². The Labute approximate surface area is 88.8 Å².